The van der Waals surface area contributed by atoms with Crippen molar-refractivity contribution in [2.24, 2.45) is 0 Å². The zero-order valence-electron chi connectivity index (χ0n) is 12.4. The van der Waals surface area contributed by atoms with E-state index in [1.54, 1.807) is 21.3 Å². The Morgan fingerprint density at radius 2 is 1.86 bits per heavy atom. The summed E-state index contributed by atoms with van der Waals surface area (Å²) in [5, 5.41) is 3.18. The first kappa shape index (κ1) is 16.5. The Morgan fingerprint density at radius 3 is 2.43 bits per heavy atom. The maximum absolute atomic E-state index is 6.35. The van der Waals surface area contributed by atoms with Gasteiger partial charge >= 0.3 is 0 Å². The second kappa shape index (κ2) is 6.92. The van der Waals surface area contributed by atoms with Crippen molar-refractivity contribution in [1.82, 2.24) is 10.2 Å². The van der Waals surface area contributed by atoms with Crippen LogP contribution < -0.4 is 19.5 Å². The molecule has 0 bridgehead atoms. The molecule has 1 aromatic carbocycles. The van der Waals surface area contributed by atoms with Gasteiger partial charge in [-0.15, -0.1) is 0 Å². The minimum atomic E-state index is -0.934. The second-order valence-corrected chi connectivity index (χ2v) is 6.20. The summed E-state index contributed by atoms with van der Waals surface area (Å²) in [7, 11) is 4.78. The molecule has 0 radical (unpaired) electrons. The van der Waals surface area contributed by atoms with Crippen molar-refractivity contribution < 1.29 is 14.2 Å². The first-order valence-electron chi connectivity index (χ1n) is 6.65. The number of hydrogen-bond acceptors (Lipinski definition) is 5. The number of ether oxygens (including phenoxy) is 3. The molecule has 7 heteroatoms. The summed E-state index contributed by atoms with van der Waals surface area (Å²) < 4.78 is 15.2. The minimum absolute atomic E-state index is 0.520. The Morgan fingerprint density at radius 1 is 1.14 bits per heavy atom. The number of nitrogens with one attached hydrogen (secondary N) is 1. The Labute approximate surface area is 135 Å². The second-order valence-electron chi connectivity index (χ2n) is 4.76. The van der Waals surface area contributed by atoms with E-state index < -0.39 is 4.46 Å². The number of benzene rings is 1. The molecule has 1 N–H and O–H groups in total. The van der Waals surface area contributed by atoms with E-state index in [0.717, 1.165) is 18.7 Å². The summed E-state index contributed by atoms with van der Waals surface area (Å²) in [4.78, 5) is 2.00. The van der Waals surface area contributed by atoms with E-state index in [2.05, 4.69) is 5.32 Å². The summed E-state index contributed by atoms with van der Waals surface area (Å²) in [5.41, 5.74) is 0.947. The van der Waals surface area contributed by atoms with Gasteiger partial charge in [-0.05, 0) is 6.07 Å². The zero-order valence-corrected chi connectivity index (χ0v) is 13.9. The highest BCUT2D eigenvalue weighted by Crippen LogP contribution is 2.41. The number of methoxy groups -OCH3 is 3. The molecule has 0 saturated carbocycles. The average molecular weight is 335 g/mol. The highest BCUT2D eigenvalue weighted by Gasteiger charge is 2.35. The fourth-order valence-corrected chi connectivity index (χ4v) is 2.89. The van der Waals surface area contributed by atoms with Crippen molar-refractivity contribution in [3.63, 3.8) is 0 Å². The van der Waals surface area contributed by atoms with Gasteiger partial charge in [0, 0.05) is 31.7 Å². The molecule has 0 atom stereocenters. The Hall–Kier alpha value is -0.880. The lowest BCUT2D eigenvalue weighted by atomic mass is 10.1. The van der Waals surface area contributed by atoms with Crippen LogP contribution in [0.2, 0.25) is 0 Å². The summed E-state index contributed by atoms with van der Waals surface area (Å²) in [5.74, 6) is 1.84. The number of nitrogens with zero attached hydrogens (tertiary/aromatic N) is 1. The number of rotatable bonds is 5. The molecule has 21 heavy (non-hydrogen) atoms. The third-order valence-corrected chi connectivity index (χ3v) is 4.25. The Balaban J connectivity index is 2.31. The molecule has 0 aliphatic carbocycles. The van der Waals surface area contributed by atoms with E-state index in [1.807, 2.05) is 17.0 Å². The van der Waals surface area contributed by atoms with Gasteiger partial charge < -0.3 is 19.5 Å². The van der Waals surface area contributed by atoms with Crippen LogP contribution >= 0.6 is 23.2 Å². The lowest BCUT2D eigenvalue weighted by Crippen LogP contribution is -2.54. The molecule has 0 amide bonds. The third-order valence-electron chi connectivity index (χ3n) is 3.51. The number of hydrogen-bond donors (Lipinski definition) is 1. The van der Waals surface area contributed by atoms with E-state index in [0.29, 0.717) is 30.3 Å². The standard InChI is InChI=1S/C14H20Cl2N2O3/c1-19-11-5-4-10(12(20-2)13(11)21-3)8-18-7-6-17-9-14(18,15)16/h4-5,17H,6-9H2,1-3H3. The van der Waals surface area contributed by atoms with E-state index in [1.165, 1.54) is 0 Å². The highest BCUT2D eigenvalue weighted by molar-refractivity contribution is 6.48. The smallest absolute Gasteiger partial charge is 0.203 e. The molecule has 1 aliphatic rings. The van der Waals surface area contributed by atoms with Crippen molar-refractivity contribution in [2.75, 3.05) is 41.0 Å². The van der Waals surface area contributed by atoms with Gasteiger partial charge in [0.15, 0.2) is 16.0 Å². The van der Waals surface area contributed by atoms with Crippen LogP contribution in [-0.2, 0) is 6.54 Å². The van der Waals surface area contributed by atoms with Crippen molar-refractivity contribution >= 4 is 23.2 Å². The monoisotopic (exact) mass is 334 g/mol. The fraction of sp³-hybridized carbons (Fsp3) is 0.571. The molecule has 1 saturated heterocycles. The van der Waals surface area contributed by atoms with E-state index >= 15 is 0 Å². The van der Waals surface area contributed by atoms with Gasteiger partial charge in [-0.2, -0.15) is 0 Å². The van der Waals surface area contributed by atoms with Gasteiger partial charge in [-0.1, -0.05) is 29.3 Å². The molecule has 1 aromatic rings. The summed E-state index contributed by atoms with van der Waals surface area (Å²) in [6.45, 7) is 2.69. The number of alkyl halides is 2. The maximum Gasteiger partial charge on any atom is 0.203 e. The zero-order chi connectivity index (χ0) is 15.5. The van der Waals surface area contributed by atoms with Gasteiger partial charge in [0.1, 0.15) is 0 Å². The predicted octanol–water partition coefficient (Wildman–Crippen LogP) is 2.25. The average Bonchev–Trinajstić information content (AvgIpc) is 2.48. The molecule has 118 valence electrons. The van der Waals surface area contributed by atoms with Crippen LogP contribution in [0.5, 0.6) is 17.2 Å². The van der Waals surface area contributed by atoms with Crippen LogP contribution in [0.4, 0.5) is 0 Å². The van der Waals surface area contributed by atoms with Crippen LogP contribution in [0.3, 0.4) is 0 Å². The molecular formula is C14H20Cl2N2O3. The lowest BCUT2D eigenvalue weighted by molar-refractivity contribution is 0.176. The van der Waals surface area contributed by atoms with Crippen LogP contribution in [0.1, 0.15) is 5.56 Å². The predicted molar refractivity (Wildman–Crippen MR) is 83.8 cm³/mol. The van der Waals surface area contributed by atoms with Crippen LogP contribution in [-0.4, -0.2) is 50.3 Å². The summed E-state index contributed by atoms with van der Waals surface area (Å²) >= 11 is 12.7. The molecule has 5 nitrogen and oxygen atoms in total. The van der Waals surface area contributed by atoms with Crippen LogP contribution in [0.15, 0.2) is 12.1 Å². The molecule has 0 spiro atoms. The summed E-state index contributed by atoms with van der Waals surface area (Å²) in [6, 6.07) is 3.79. The molecule has 1 heterocycles. The topological polar surface area (TPSA) is 43.0 Å². The highest BCUT2D eigenvalue weighted by atomic mass is 35.5. The third kappa shape index (κ3) is 3.48. The first-order chi connectivity index (χ1) is 10.0. The maximum atomic E-state index is 6.35. The number of halogens is 2. The van der Waals surface area contributed by atoms with E-state index in [4.69, 9.17) is 37.4 Å². The lowest BCUT2D eigenvalue weighted by Gasteiger charge is -2.38. The van der Waals surface area contributed by atoms with E-state index in [-0.39, 0.29) is 0 Å². The van der Waals surface area contributed by atoms with Crippen molar-refractivity contribution in [1.29, 1.82) is 0 Å². The Kier molecular flexibility index (Phi) is 5.43. The molecule has 1 fully saturated rings. The largest absolute Gasteiger partial charge is 0.493 e. The quantitative estimate of drug-likeness (QED) is 0.660. The van der Waals surface area contributed by atoms with Gasteiger partial charge in [0.05, 0.1) is 21.3 Å². The minimum Gasteiger partial charge on any atom is -0.493 e. The van der Waals surface area contributed by atoms with Crippen LogP contribution in [0.25, 0.3) is 0 Å². The molecule has 0 unspecified atom stereocenters. The molecule has 2 rings (SSSR count). The molecular weight excluding hydrogens is 315 g/mol. The normalized spacial score (nSPS) is 18.3. The van der Waals surface area contributed by atoms with Crippen LogP contribution in [0, 0.1) is 0 Å². The van der Waals surface area contributed by atoms with E-state index in [9.17, 15) is 0 Å². The first-order valence-corrected chi connectivity index (χ1v) is 7.40. The SMILES string of the molecule is COc1ccc(CN2CCNCC2(Cl)Cl)c(OC)c1OC. The molecule has 0 aromatic heterocycles. The number of piperazine rings is 1. The molecule has 1 aliphatic heterocycles. The van der Waals surface area contributed by atoms with Gasteiger partial charge in [0.25, 0.3) is 0 Å². The fourth-order valence-electron chi connectivity index (χ4n) is 2.42. The van der Waals surface area contributed by atoms with Crippen molar-refractivity contribution in [2.45, 2.75) is 11.0 Å². The van der Waals surface area contributed by atoms with Crippen molar-refractivity contribution in [3.05, 3.63) is 17.7 Å². The summed E-state index contributed by atoms with van der Waals surface area (Å²) in [6.07, 6.45) is 0. The van der Waals surface area contributed by atoms with Gasteiger partial charge in [-0.3, -0.25) is 4.90 Å². The van der Waals surface area contributed by atoms with Gasteiger partial charge in [0.2, 0.25) is 5.75 Å². The van der Waals surface area contributed by atoms with Crippen molar-refractivity contribution in [3.8, 4) is 17.2 Å². The van der Waals surface area contributed by atoms with Gasteiger partial charge in [-0.25, -0.2) is 0 Å². The Bertz CT molecular complexity index is 497.